The van der Waals surface area contributed by atoms with E-state index >= 15 is 0 Å². The van der Waals surface area contributed by atoms with Gasteiger partial charge in [0.1, 0.15) is 11.3 Å². The SMILES string of the molecule is COC(=O)c1ccoc1CN1CCN(S(C)(=O)=O)CC1. The van der Waals surface area contributed by atoms with E-state index in [1.807, 2.05) is 4.90 Å². The van der Waals surface area contributed by atoms with Crippen LogP contribution in [0.5, 0.6) is 0 Å². The molecule has 0 atom stereocenters. The van der Waals surface area contributed by atoms with Crippen molar-refractivity contribution in [3.05, 3.63) is 23.7 Å². The van der Waals surface area contributed by atoms with Crippen molar-refractivity contribution in [2.75, 3.05) is 39.5 Å². The number of hydrogen-bond acceptors (Lipinski definition) is 6. The normalized spacial score (nSPS) is 18.1. The molecule has 0 spiro atoms. The van der Waals surface area contributed by atoms with Crippen LogP contribution in [0.1, 0.15) is 16.1 Å². The number of piperazine rings is 1. The maximum Gasteiger partial charge on any atom is 0.341 e. The molecule has 7 nitrogen and oxygen atoms in total. The van der Waals surface area contributed by atoms with Gasteiger partial charge in [-0.1, -0.05) is 0 Å². The molecule has 0 saturated carbocycles. The molecular weight excluding hydrogens is 284 g/mol. The van der Waals surface area contributed by atoms with E-state index in [1.165, 1.54) is 23.9 Å². The van der Waals surface area contributed by atoms with E-state index < -0.39 is 16.0 Å². The van der Waals surface area contributed by atoms with Gasteiger partial charge in [0.15, 0.2) is 0 Å². The summed E-state index contributed by atoms with van der Waals surface area (Å²) in [4.78, 5) is 13.6. The van der Waals surface area contributed by atoms with E-state index in [0.29, 0.717) is 44.0 Å². The summed E-state index contributed by atoms with van der Waals surface area (Å²) in [6.07, 6.45) is 2.67. The maximum atomic E-state index is 11.5. The van der Waals surface area contributed by atoms with Gasteiger partial charge >= 0.3 is 5.97 Å². The molecule has 20 heavy (non-hydrogen) atoms. The number of nitrogens with zero attached hydrogens (tertiary/aromatic N) is 2. The first-order valence-electron chi connectivity index (χ1n) is 6.24. The molecule has 0 aliphatic carbocycles. The molecule has 112 valence electrons. The van der Waals surface area contributed by atoms with Crippen LogP contribution >= 0.6 is 0 Å². The van der Waals surface area contributed by atoms with Crippen LogP contribution in [-0.4, -0.2) is 63.1 Å². The summed E-state index contributed by atoms with van der Waals surface area (Å²) in [5, 5.41) is 0. The second-order valence-electron chi connectivity index (χ2n) is 4.69. The lowest BCUT2D eigenvalue weighted by Crippen LogP contribution is -2.47. The van der Waals surface area contributed by atoms with E-state index in [-0.39, 0.29) is 0 Å². The molecule has 8 heteroatoms. The van der Waals surface area contributed by atoms with Crippen LogP contribution < -0.4 is 0 Å². The number of hydrogen-bond donors (Lipinski definition) is 0. The standard InChI is InChI=1S/C12H18N2O5S/c1-18-12(15)10-3-8-19-11(10)9-13-4-6-14(7-5-13)20(2,16)17/h3,8H,4-7,9H2,1-2H3. The van der Waals surface area contributed by atoms with Gasteiger partial charge in [0.25, 0.3) is 0 Å². The zero-order valence-electron chi connectivity index (χ0n) is 11.5. The van der Waals surface area contributed by atoms with Gasteiger partial charge in [-0.2, -0.15) is 4.31 Å². The Morgan fingerprint density at radius 2 is 2.00 bits per heavy atom. The van der Waals surface area contributed by atoms with Crippen molar-refractivity contribution in [3.8, 4) is 0 Å². The van der Waals surface area contributed by atoms with E-state index in [0.717, 1.165) is 0 Å². The number of sulfonamides is 1. The zero-order chi connectivity index (χ0) is 14.8. The minimum absolute atomic E-state index is 0.415. The van der Waals surface area contributed by atoms with Gasteiger partial charge in [-0.05, 0) is 6.07 Å². The molecule has 1 saturated heterocycles. The highest BCUT2D eigenvalue weighted by molar-refractivity contribution is 7.88. The number of methoxy groups -OCH3 is 1. The third kappa shape index (κ3) is 3.38. The third-order valence-electron chi connectivity index (χ3n) is 3.32. The van der Waals surface area contributed by atoms with Crippen LogP contribution in [0.25, 0.3) is 0 Å². The van der Waals surface area contributed by atoms with Crippen LogP contribution in [-0.2, 0) is 21.3 Å². The minimum atomic E-state index is -3.13. The smallest absolute Gasteiger partial charge is 0.341 e. The molecule has 1 fully saturated rings. The molecule has 0 amide bonds. The predicted octanol–water partition coefficient (Wildman–Crippen LogP) is 0.143. The first kappa shape index (κ1) is 15.0. The number of rotatable bonds is 4. The van der Waals surface area contributed by atoms with E-state index in [2.05, 4.69) is 4.74 Å². The van der Waals surface area contributed by atoms with Gasteiger partial charge in [-0.3, -0.25) is 4.90 Å². The van der Waals surface area contributed by atoms with E-state index in [9.17, 15) is 13.2 Å². The Kier molecular flexibility index (Phi) is 4.46. The van der Waals surface area contributed by atoms with Crippen LogP contribution in [0.4, 0.5) is 0 Å². The van der Waals surface area contributed by atoms with Crippen LogP contribution in [0.2, 0.25) is 0 Å². The van der Waals surface area contributed by atoms with Crippen LogP contribution in [0, 0.1) is 0 Å². The Morgan fingerprint density at radius 3 is 2.55 bits per heavy atom. The van der Waals surface area contributed by atoms with Crippen LogP contribution in [0.3, 0.4) is 0 Å². The second kappa shape index (κ2) is 5.94. The van der Waals surface area contributed by atoms with Gasteiger partial charge in [-0.25, -0.2) is 13.2 Å². The summed E-state index contributed by atoms with van der Waals surface area (Å²) >= 11 is 0. The molecule has 2 rings (SSSR count). The molecule has 0 radical (unpaired) electrons. The first-order valence-corrected chi connectivity index (χ1v) is 8.09. The summed E-state index contributed by atoms with van der Waals surface area (Å²) < 4.78 is 34.3. The molecule has 0 aromatic carbocycles. The Labute approximate surface area is 118 Å². The van der Waals surface area contributed by atoms with Gasteiger partial charge in [-0.15, -0.1) is 0 Å². The summed E-state index contributed by atoms with van der Waals surface area (Å²) in [5.41, 5.74) is 0.415. The quantitative estimate of drug-likeness (QED) is 0.736. The molecule has 0 unspecified atom stereocenters. The topological polar surface area (TPSA) is 80.1 Å². The Hall–Kier alpha value is -1.38. The minimum Gasteiger partial charge on any atom is -0.467 e. The average Bonchev–Trinajstić information content (AvgIpc) is 2.85. The lowest BCUT2D eigenvalue weighted by Gasteiger charge is -2.32. The van der Waals surface area contributed by atoms with Crippen molar-refractivity contribution in [1.82, 2.24) is 9.21 Å². The third-order valence-corrected chi connectivity index (χ3v) is 4.62. The summed E-state index contributed by atoms with van der Waals surface area (Å²) in [6.45, 7) is 2.58. The lowest BCUT2D eigenvalue weighted by molar-refractivity contribution is 0.0595. The fourth-order valence-corrected chi connectivity index (χ4v) is 3.00. The number of carbonyl (C=O) groups is 1. The summed E-state index contributed by atoms with van der Waals surface area (Å²) in [5.74, 6) is 0.119. The fraction of sp³-hybridized carbons (Fsp3) is 0.583. The van der Waals surface area contributed by atoms with Gasteiger partial charge in [0.05, 0.1) is 26.2 Å². The van der Waals surface area contributed by atoms with Gasteiger partial charge < -0.3 is 9.15 Å². The van der Waals surface area contributed by atoms with Crippen molar-refractivity contribution in [3.63, 3.8) is 0 Å². The Bertz CT molecular complexity index is 572. The van der Waals surface area contributed by atoms with E-state index in [1.54, 1.807) is 6.07 Å². The fourth-order valence-electron chi connectivity index (χ4n) is 2.18. The first-order chi connectivity index (χ1) is 9.41. The highest BCUT2D eigenvalue weighted by Gasteiger charge is 2.25. The van der Waals surface area contributed by atoms with Crippen molar-refractivity contribution in [2.24, 2.45) is 0 Å². The number of carbonyl (C=O) groups excluding carboxylic acids is 1. The van der Waals surface area contributed by atoms with Gasteiger partial charge in [0, 0.05) is 26.2 Å². The zero-order valence-corrected chi connectivity index (χ0v) is 12.4. The second-order valence-corrected chi connectivity index (χ2v) is 6.67. The van der Waals surface area contributed by atoms with Crippen molar-refractivity contribution >= 4 is 16.0 Å². The maximum absolute atomic E-state index is 11.5. The monoisotopic (exact) mass is 302 g/mol. The molecule has 1 aliphatic heterocycles. The number of furan rings is 1. The summed E-state index contributed by atoms with van der Waals surface area (Å²) in [7, 11) is -1.80. The highest BCUT2D eigenvalue weighted by atomic mass is 32.2. The molecule has 0 N–H and O–H groups in total. The van der Waals surface area contributed by atoms with Crippen molar-refractivity contribution < 1.29 is 22.4 Å². The summed E-state index contributed by atoms with van der Waals surface area (Å²) in [6, 6.07) is 1.58. The molecule has 1 aliphatic rings. The van der Waals surface area contributed by atoms with Gasteiger partial charge in [0.2, 0.25) is 10.0 Å². The average molecular weight is 302 g/mol. The lowest BCUT2D eigenvalue weighted by atomic mass is 10.2. The highest BCUT2D eigenvalue weighted by Crippen LogP contribution is 2.16. The molecule has 2 heterocycles. The molecule has 1 aromatic heterocycles. The predicted molar refractivity (Wildman–Crippen MR) is 71.7 cm³/mol. The number of esters is 1. The van der Waals surface area contributed by atoms with E-state index in [4.69, 9.17) is 4.42 Å². The van der Waals surface area contributed by atoms with Crippen LogP contribution in [0.15, 0.2) is 16.7 Å². The molecular formula is C12H18N2O5S. The number of ether oxygens (including phenoxy) is 1. The van der Waals surface area contributed by atoms with Crippen molar-refractivity contribution in [1.29, 1.82) is 0 Å². The Morgan fingerprint density at radius 1 is 1.35 bits per heavy atom. The molecule has 0 bridgehead atoms. The van der Waals surface area contributed by atoms with Crippen molar-refractivity contribution in [2.45, 2.75) is 6.54 Å². The molecule has 1 aromatic rings. The largest absolute Gasteiger partial charge is 0.467 e. The Balaban J connectivity index is 1.97.